The van der Waals surface area contributed by atoms with Gasteiger partial charge in [0.2, 0.25) is 0 Å². The first-order valence-corrected chi connectivity index (χ1v) is 12.3. The van der Waals surface area contributed by atoms with Crippen LogP contribution in [0.15, 0.2) is 48.0 Å². The SMILES string of the molecule is C/C(=C\CO)CO[C@@H]1O[C@H](CO)[C@@H](O)[C@H](OC(=O)Cc2ccc(O)c(O)c2)[C@H]1OC(=O)Cc1ccc(O)c(O)c1. The Labute approximate surface area is 229 Å². The van der Waals surface area contributed by atoms with Crippen molar-refractivity contribution in [2.75, 3.05) is 19.8 Å². The second kappa shape index (κ2) is 14.0. The molecule has 5 atom stereocenters. The zero-order valence-corrected chi connectivity index (χ0v) is 21.5. The van der Waals surface area contributed by atoms with E-state index in [2.05, 4.69) is 0 Å². The molecule has 3 rings (SSSR count). The number of hydrogen-bond acceptors (Lipinski definition) is 13. The molecule has 13 nitrogen and oxygen atoms in total. The van der Waals surface area contributed by atoms with E-state index in [9.17, 15) is 40.2 Å². The quantitative estimate of drug-likeness (QED) is 0.110. The molecular formula is C27H32O13. The number of aliphatic hydroxyl groups is 3. The predicted octanol–water partition coefficient (Wildman–Crippen LogP) is 0.151. The Kier molecular flexibility index (Phi) is 10.7. The van der Waals surface area contributed by atoms with Crippen LogP contribution in [-0.2, 0) is 41.4 Å². The third-order valence-electron chi connectivity index (χ3n) is 6.03. The minimum Gasteiger partial charge on any atom is -0.504 e. The van der Waals surface area contributed by atoms with E-state index in [1.807, 2.05) is 0 Å². The summed E-state index contributed by atoms with van der Waals surface area (Å²) in [5.74, 6) is -3.45. The first-order chi connectivity index (χ1) is 19.0. The molecule has 1 heterocycles. The summed E-state index contributed by atoms with van der Waals surface area (Å²) in [5, 5.41) is 68.2. The van der Waals surface area contributed by atoms with Crippen LogP contribution in [0.3, 0.4) is 0 Å². The largest absolute Gasteiger partial charge is 0.504 e. The van der Waals surface area contributed by atoms with Crippen LogP contribution in [0.5, 0.6) is 23.0 Å². The van der Waals surface area contributed by atoms with Crippen molar-refractivity contribution in [2.24, 2.45) is 0 Å². The van der Waals surface area contributed by atoms with Gasteiger partial charge in [-0.25, -0.2) is 0 Å². The first-order valence-electron chi connectivity index (χ1n) is 12.3. The molecule has 0 amide bonds. The molecule has 0 saturated carbocycles. The molecule has 1 saturated heterocycles. The molecule has 1 aliphatic rings. The van der Waals surface area contributed by atoms with Gasteiger partial charge in [0.15, 0.2) is 41.5 Å². The summed E-state index contributed by atoms with van der Waals surface area (Å²) in [6, 6.07) is 7.43. The highest BCUT2D eigenvalue weighted by Gasteiger charge is 2.50. The molecule has 0 radical (unpaired) electrons. The smallest absolute Gasteiger partial charge is 0.310 e. The molecule has 2 aromatic rings. The number of ether oxygens (including phenoxy) is 4. The third-order valence-corrected chi connectivity index (χ3v) is 6.03. The monoisotopic (exact) mass is 564 g/mol. The standard InChI is InChI=1S/C27H32O13/c1-14(6-7-28)13-37-27-26(40-23(35)11-16-3-5-18(31)20(33)9-16)25(24(36)21(12-29)38-27)39-22(34)10-15-2-4-17(30)19(32)8-15/h2-6,8-9,21,24-33,36H,7,10-13H2,1H3/b14-6+/t21-,24-,25+,26-,27-/m1/s1. The van der Waals surface area contributed by atoms with Gasteiger partial charge < -0.3 is 54.7 Å². The lowest BCUT2D eigenvalue weighted by molar-refractivity contribution is -0.304. The van der Waals surface area contributed by atoms with Crippen molar-refractivity contribution in [3.8, 4) is 23.0 Å². The molecule has 218 valence electrons. The Hall–Kier alpha value is -3.88. The third kappa shape index (κ3) is 8.07. The molecule has 2 aromatic carbocycles. The van der Waals surface area contributed by atoms with Gasteiger partial charge >= 0.3 is 11.9 Å². The molecule has 7 N–H and O–H groups in total. The maximum Gasteiger partial charge on any atom is 0.310 e. The fourth-order valence-electron chi connectivity index (χ4n) is 3.94. The van der Waals surface area contributed by atoms with Gasteiger partial charge in [0.05, 0.1) is 32.7 Å². The Balaban J connectivity index is 1.84. The molecule has 0 unspecified atom stereocenters. The van der Waals surface area contributed by atoms with E-state index in [4.69, 9.17) is 24.1 Å². The minimum atomic E-state index is -1.65. The van der Waals surface area contributed by atoms with Crippen molar-refractivity contribution in [1.29, 1.82) is 0 Å². The Morgan fingerprint density at radius 1 is 0.850 bits per heavy atom. The summed E-state index contributed by atoms with van der Waals surface area (Å²) in [6.07, 6.45) is -6.74. The Morgan fingerprint density at radius 3 is 1.85 bits per heavy atom. The van der Waals surface area contributed by atoms with E-state index in [0.29, 0.717) is 5.57 Å². The van der Waals surface area contributed by atoms with E-state index in [-0.39, 0.29) is 48.7 Å². The average molecular weight is 565 g/mol. The van der Waals surface area contributed by atoms with Crippen LogP contribution in [-0.4, -0.2) is 98.2 Å². The van der Waals surface area contributed by atoms with Crippen LogP contribution in [0.4, 0.5) is 0 Å². The highest BCUT2D eigenvalue weighted by molar-refractivity contribution is 5.74. The molecule has 0 aromatic heterocycles. The number of phenolic OH excluding ortho intramolecular Hbond substituents is 4. The van der Waals surface area contributed by atoms with Gasteiger partial charge in [0.1, 0.15) is 12.2 Å². The van der Waals surface area contributed by atoms with E-state index < -0.39 is 60.8 Å². The van der Waals surface area contributed by atoms with Gasteiger partial charge in [0.25, 0.3) is 0 Å². The number of rotatable bonds is 11. The highest BCUT2D eigenvalue weighted by Crippen LogP contribution is 2.30. The summed E-state index contributed by atoms with van der Waals surface area (Å²) in [5.41, 5.74) is 1.15. The number of carbonyl (C=O) groups is 2. The van der Waals surface area contributed by atoms with Crippen LogP contribution in [0, 0.1) is 0 Å². The Bertz CT molecular complexity index is 1210. The molecule has 13 heteroatoms. The van der Waals surface area contributed by atoms with Gasteiger partial charge in [-0.15, -0.1) is 0 Å². The van der Waals surface area contributed by atoms with Crippen molar-refractivity contribution in [3.05, 3.63) is 59.2 Å². The summed E-state index contributed by atoms with van der Waals surface area (Å²) >= 11 is 0. The number of benzene rings is 2. The number of aromatic hydroxyl groups is 4. The summed E-state index contributed by atoms with van der Waals surface area (Å²) < 4.78 is 22.4. The zero-order valence-electron chi connectivity index (χ0n) is 21.5. The van der Waals surface area contributed by atoms with E-state index >= 15 is 0 Å². The topological polar surface area (TPSA) is 213 Å². The number of phenols is 4. The minimum absolute atomic E-state index is 0.104. The lowest BCUT2D eigenvalue weighted by atomic mass is 9.98. The molecule has 0 aliphatic carbocycles. The Morgan fingerprint density at radius 2 is 1.38 bits per heavy atom. The van der Waals surface area contributed by atoms with Crippen LogP contribution >= 0.6 is 0 Å². The predicted molar refractivity (Wildman–Crippen MR) is 135 cm³/mol. The lowest BCUT2D eigenvalue weighted by Gasteiger charge is -2.42. The number of carbonyl (C=O) groups excluding carboxylic acids is 2. The van der Waals surface area contributed by atoms with Crippen molar-refractivity contribution in [1.82, 2.24) is 0 Å². The second-order valence-corrected chi connectivity index (χ2v) is 9.17. The van der Waals surface area contributed by atoms with Crippen molar-refractivity contribution in [3.63, 3.8) is 0 Å². The van der Waals surface area contributed by atoms with E-state index in [0.717, 1.165) is 12.1 Å². The summed E-state index contributed by atoms with van der Waals surface area (Å²) in [6.45, 7) is 0.594. The number of hydrogen-bond donors (Lipinski definition) is 7. The van der Waals surface area contributed by atoms with Crippen LogP contribution < -0.4 is 0 Å². The van der Waals surface area contributed by atoms with Gasteiger partial charge in [-0.1, -0.05) is 18.2 Å². The zero-order chi connectivity index (χ0) is 29.4. The first kappa shape index (κ1) is 30.7. The number of esters is 2. The van der Waals surface area contributed by atoms with Crippen molar-refractivity contribution < 1.29 is 64.3 Å². The van der Waals surface area contributed by atoms with Gasteiger partial charge in [0, 0.05) is 0 Å². The molecule has 1 aliphatic heterocycles. The summed E-state index contributed by atoms with van der Waals surface area (Å²) in [4.78, 5) is 25.7. The fourth-order valence-corrected chi connectivity index (χ4v) is 3.94. The van der Waals surface area contributed by atoms with Gasteiger partial charge in [-0.3, -0.25) is 9.59 Å². The van der Waals surface area contributed by atoms with Crippen LogP contribution in [0.2, 0.25) is 0 Å². The van der Waals surface area contributed by atoms with Crippen molar-refractivity contribution >= 4 is 11.9 Å². The van der Waals surface area contributed by atoms with Gasteiger partial charge in [-0.05, 0) is 47.9 Å². The molecule has 0 bridgehead atoms. The summed E-state index contributed by atoms with van der Waals surface area (Å²) in [7, 11) is 0. The second-order valence-electron chi connectivity index (χ2n) is 9.17. The van der Waals surface area contributed by atoms with Crippen LogP contribution in [0.25, 0.3) is 0 Å². The maximum atomic E-state index is 12.9. The number of aliphatic hydroxyl groups excluding tert-OH is 3. The average Bonchev–Trinajstić information content (AvgIpc) is 2.90. The van der Waals surface area contributed by atoms with Gasteiger partial charge in [-0.2, -0.15) is 0 Å². The highest BCUT2D eigenvalue weighted by atomic mass is 16.7. The van der Waals surface area contributed by atoms with Crippen molar-refractivity contribution in [2.45, 2.75) is 50.5 Å². The molecular weight excluding hydrogens is 532 g/mol. The molecule has 0 spiro atoms. The maximum absolute atomic E-state index is 12.9. The molecule has 1 fully saturated rings. The normalized spacial score (nSPS) is 23.0. The van der Waals surface area contributed by atoms with Crippen LogP contribution in [0.1, 0.15) is 18.1 Å². The molecule has 40 heavy (non-hydrogen) atoms. The van der Waals surface area contributed by atoms with E-state index in [1.165, 1.54) is 30.3 Å². The van der Waals surface area contributed by atoms with E-state index in [1.54, 1.807) is 6.92 Å². The lowest BCUT2D eigenvalue weighted by Crippen LogP contribution is -2.62. The fraction of sp³-hybridized carbons (Fsp3) is 0.407.